The van der Waals surface area contributed by atoms with Crippen molar-refractivity contribution in [3.63, 3.8) is 0 Å². The van der Waals surface area contributed by atoms with E-state index in [4.69, 9.17) is 4.74 Å². The standard InChI is InChI=1S/C20H25N3O2/c1-14-11-17(14)20(24)22-8-7-19-21-12-18(23(19)10-9-22)16-6-4-3-5-15(16)13-25-2/h3-6,12,14,17H,7-11,13H2,1-2H3. The maximum absolute atomic E-state index is 12.6. The molecule has 1 aromatic heterocycles. The number of amides is 1. The number of carbonyl (C=O) groups excluding carboxylic acids is 1. The highest BCUT2D eigenvalue weighted by Gasteiger charge is 2.41. The Morgan fingerprint density at radius 1 is 1.28 bits per heavy atom. The summed E-state index contributed by atoms with van der Waals surface area (Å²) < 4.78 is 7.62. The lowest BCUT2D eigenvalue weighted by atomic mass is 10.1. The third-order valence-corrected chi connectivity index (χ3v) is 5.47. The normalized spacial score (nSPS) is 22.4. The van der Waals surface area contributed by atoms with Gasteiger partial charge in [0.2, 0.25) is 5.91 Å². The van der Waals surface area contributed by atoms with Crippen LogP contribution in [0.5, 0.6) is 0 Å². The quantitative estimate of drug-likeness (QED) is 0.860. The molecule has 0 saturated heterocycles. The van der Waals surface area contributed by atoms with Crippen molar-refractivity contribution in [2.75, 3.05) is 20.2 Å². The van der Waals surface area contributed by atoms with Gasteiger partial charge in [-0.15, -0.1) is 0 Å². The van der Waals surface area contributed by atoms with E-state index in [-0.39, 0.29) is 5.92 Å². The summed E-state index contributed by atoms with van der Waals surface area (Å²) in [6.07, 6.45) is 3.83. The first-order chi connectivity index (χ1) is 12.2. The number of hydrogen-bond donors (Lipinski definition) is 0. The lowest BCUT2D eigenvalue weighted by Crippen LogP contribution is -2.35. The third kappa shape index (κ3) is 3.09. The van der Waals surface area contributed by atoms with E-state index in [9.17, 15) is 4.79 Å². The molecule has 1 saturated carbocycles. The minimum Gasteiger partial charge on any atom is -0.380 e. The Hall–Kier alpha value is -2.14. The molecule has 1 aliphatic heterocycles. The van der Waals surface area contributed by atoms with Crippen LogP contribution in [-0.2, 0) is 29.1 Å². The summed E-state index contributed by atoms with van der Waals surface area (Å²) in [7, 11) is 1.72. The minimum atomic E-state index is 0.257. The molecule has 5 nitrogen and oxygen atoms in total. The zero-order chi connectivity index (χ0) is 17.4. The van der Waals surface area contributed by atoms with Crippen LogP contribution in [0.25, 0.3) is 11.3 Å². The van der Waals surface area contributed by atoms with Gasteiger partial charge in [-0.3, -0.25) is 4.79 Å². The molecule has 1 aliphatic carbocycles. The lowest BCUT2D eigenvalue weighted by Gasteiger charge is -2.20. The van der Waals surface area contributed by atoms with Crippen molar-refractivity contribution in [3.05, 3.63) is 41.9 Å². The van der Waals surface area contributed by atoms with Crippen LogP contribution in [0.15, 0.2) is 30.5 Å². The van der Waals surface area contributed by atoms with Crippen molar-refractivity contribution >= 4 is 5.91 Å². The molecule has 1 aromatic carbocycles. The van der Waals surface area contributed by atoms with Gasteiger partial charge in [0.1, 0.15) is 5.82 Å². The van der Waals surface area contributed by atoms with E-state index in [1.807, 2.05) is 17.2 Å². The average molecular weight is 339 g/mol. The van der Waals surface area contributed by atoms with E-state index in [0.29, 0.717) is 18.4 Å². The van der Waals surface area contributed by atoms with Crippen LogP contribution >= 0.6 is 0 Å². The van der Waals surface area contributed by atoms with Crippen LogP contribution < -0.4 is 0 Å². The molecule has 0 bridgehead atoms. The zero-order valence-electron chi connectivity index (χ0n) is 14.9. The Balaban J connectivity index is 1.58. The minimum absolute atomic E-state index is 0.257. The molecule has 0 N–H and O–H groups in total. The van der Waals surface area contributed by atoms with Gasteiger partial charge in [-0.05, 0) is 17.9 Å². The van der Waals surface area contributed by atoms with Crippen LogP contribution in [0.1, 0.15) is 24.7 Å². The molecule has 4 rings (SSSR count). The maximum Gasteiger partial charge on any atom is 0.226 e. The van der Waals surface area contributed by atoms with Gasteiger partial charge in [0, 0.05) is 44.6 Å². The summed E-state index contributed by atoms with van der Waals surface area (Å²) >= 11 is 0. The van der Waals surface area contributed by atoms with E-state index in [2.05, 4.69) is 34.7 Å². The second-order valence-corrected chi connectivity index (χ2v) is 7.20. The number of nitrogens with zero attached hydrogens (tertiary/aromatic N) is 3. The monoisotopic (exact) mass is 339 g/mol. The highest BCUT2D eigenvalue weighted by molar-refractivity contribution is 5.81. The second kappa shape index (κ2) is 6.64. The Morgan fingerprint density at radius 3 is 2.84 bits per heavy atom. The number of methoxy groups -OCH3 is 1. The molecule has 2 unspecified atom stereocenters. The molecule has 1 amide bonds. The average Bonchev–Trinajstić information content (AvgIpc) is 3.28. The van der Waals surface area contributed by atoms with Crippen molar-refractivity contribution in [2.24, 2.45) is 11.8 Å². The predicted octanol–water partition coefficient (Wildman–Crippen LogP) is 2.74. The molecular weight excluding hydrogens is 314 g/mol. The number of ether oxygens (including phenoxy) is 1. The van der Waals surface area contributed by atoms with E-state index < -0.39 is 0 Å². The molecule has 2 aliphatic rings. The first-order valence-electron chi connectivity index (χ1n) is 9.09. The van der Waals surface area contributed by atoms with Gasteiger partial charge < -0.3 is 14.2 Å². The van der Waals surface area contributed by atoms with Gasteiger partial charge in [0.25, 0.3) is 0 Å². The van der Waals surface area contributed by atoms with Crippen LogP contribution in [0, 0.1) is 11.8 Å². The van der Waals surface area contributed by atoms with Gasteiger partial charge in [-0.1, -0.05) is 31.2 Å². The van der Waals surface area contributed by atoms with Crippen molar-refractivity contribution in [1.29, 1.82) is 0 Å². The summed E-state index contributed by atoms with van der Waals surface area (Å²) in [5, 5.41) is 0. The Labute approximate surface area is 148 Å². The van der Waals surface area contributed by atoms with E-state index >= 15 is 0 Å². The number of carbonyl (C=O) groups is 1. The predicted molar refractivity (Wildman–Crippen MR) is 95.9 cm³/mol. The Morgan fingerprint density at radius 2 is 2.08 bits per heavy atom. The molecule has 25 heavy (non-hydrogen) atoms. The maximum atomic E-state index is 12.6. The summed E-state index contributed by atoms with van der Waals surface area (Å²) in [5.41, 5.74) is 3.45. The number of fused-ring (bicyclic) bond motifs is 1. The molecule has 5 heteroatoms. The van der Waals surface area contributed by atoms with Gasteiger partial charge >= 0.3 is 0 Å². The van der Waals surface area contributed by atoms with Crippen LogP contribution in [0.4, 0.5) is 0 Å². The van der Waals surface area contributed by atoms with E-state index in [1.54, 1.807) is 7.11 Å². The molecule has 2 aromatic rings. The molecular formula is C20H25N3O2. The highest BCUT2D eigenvalue weighted by atomic mass is 16.5. The fourth-order valence-electron chi connectivity index (χ4n) is 3.82. The summed E-state index contributed by atoms with van der Waals surface area (Å²) in [6, 6.07) is 8.31. The van der Waals surface area contributed by atoms with Crippen molar-refractivity contribution in [3.8, 4) is 11.3 Å². The number of benzene rings is 1. The Kier molecular flexibility index (Phi) is 4.34. The van der Waals surface area contributed by atoms with Gasteiger partial charge in [0.15, 0.2) is 0 Å². The third-order valence-electron chi connectivity index (χ3n) is 5.47. The number of hydrogen-bond acceptors (Lipinski definition) is 3. The second-order valence-electron chi connectivity index (χ2n) is 7.20. The molecule has 2 atom stereocenters. The van der Waals surface area contributed by atoms with Crippen LogP contribution in [0.3, 0.4) is 0 Å². The fourth-order valence-corrected chi connectivity index (χ4v) is 3.82. The first kappa shape index (κ1) is 16.3. The first-order valence-corrected chi connectivity index (χ1v) is 9.09. The van der Waals surface area contributed by atoms with Crippen LogP contribution in [-0.4, -0.2) is 40.6 Å². The summed E-state index contributed by atoms with van der Waals surface area (Å²) in [6.45, 7) is 5.10. The van der Waals surface area contributed by atoms with Crippen molar-refractivity contribution < 1.29 is 9.53 Å². The smallest absolute Gasteiger partial charge is 0.226 e. The molecule has 0 radical (unpaired) electrons. The van der Waals surface area contributed by atoms with Gasteiger partial charge in [-0.25, -0.2) is 4.98 Å². The summed E-state index contributed by atoms with van der Waals surface area (Å²) in [4.78, 5) is 19.3. The topological polar surface area (TPSA) is 47.4 Å². The largest absolute Gasteiger partial charge is 0.380 e. The summed E-state index contributed by atoms with van der Waals surface area (Å²) in [5.74, 6) is 2.22. The number of rotatable bonds is 4. The van der Waals surface area contributed by atoms with Crippen LogP contribution in [0.2, 0.25) is 0 Å². The number of aromatic nitrogens is 2. The van der Waals surface area contributed by atoms with Gasteiger partial charge in [0.05, 0.1) is 18.5 Å². The molecule has 1 fully saturated rings. The SMILES string of the molecule is COCc1ccccc1-c1cnc2n1CCN(C(=O)C1CC1C)CC2. The van der Waals surface area contributed by atoms with Crippen molar-refractivity contribution in [2.45, 2.75) is 32.9 Å². The highest BCUT2D eigenvalue weighted by Crippen LogP contribution is 2.39. The van der Waals surface area contributed by atoms with Gasteiger partial charge in [-0.2, -0.15) is 0 Å². The zero-order valence-corrected chi connectivity index (χ0v) is 14.9. The molecule has 2 heterocycles. The Bertz CT molecular complexity index is 783. The van der Waals surface area contributed by atoms with E-state index in [0.717, 1.165) is 49.6 Å². The fraction of sp³-hybridized carbons (Fsp3) is 0.500. The lowest BCUT2D eigenvalue weighted by molar-refractivity contribution is -0.132. The number of imidazole rings is 1. The van der Waals surface area contributed by atoms with E-state index in [1.165, 1.54) is 5.56 Å². The molecule has 0 spiro atoms. The van der Waals surface area contributed by atoms with Crippen molar-refractivity contribution in [1.82, 2.24) is 14.5 Å². The molecule has 132 valence electrons.